The minimum absolute atomic E-state index is 0.313. The summed E-state index contributed by atoms with van der Waals surface area (Å²) in [6, 6.07) is 5.69. The standard InChI is InChI=1S/C13H19FN2O/c1-2-17-13-6-5-11(9-12(13)14)16-8-7-15-10-3-4-10/h5-6,9-10,15-16H,2-4,7-8H2,1H3. The zero-order valence-electron chi connectivity index (χ0n) is 10.1. The van der Waals surface area contributed by atoms with Crippen molar-refractivity contribution in [3.8, 4) is 5.75 Å². The molecular formula is C13H19FN2O. The van der Waals surface area contributed by atoms with E-state index >= 15 is 0 Å². The normalized spacial score (nSPS) is 14.7. The van der Waals surface area contributed by atoms with E-state index in [1.165, 1.54) is 18.9 Å². The molecule has 17 heavy (non-hydrogen) atoms. The Bertz CT molecular complexity index is 366. The van der Waals surface area contributed by atoms with Crippen molar-refractivity contribution in [1.29, 1.82) is 0 Å². The van der Waals surface area contributed by atoms with Crippen LogP contribution in [0.25, 0.3) is 0 Å². The van der Waals surface area contributed by atoms with E-state index in [1.54, 1.807) is 6.07 Å². The van der Waals surface area contributed by atoms with Crippen LogP contribution in [-0.2, 0) is 0 Å². The van der Waals surface area contributed by atoms with E-state index in [2.05, 4.69) is 10.6 Å². The molecule has 0 saturated heterocycles. The van der Waals surface area contributed by atoms with Crippen LogP contribution >= 0.6 is 0 Å². The number of halogens is 1. The van der Waals surface area contributed by atoms with E-state index in [1.807, 2.05) is 13.0 Å². The van der Waals surface area contributed by atoms with Gasteiger partial charge < -0.3 is 15.4 Å². The molecule has 0 amide bonds. The van der Waals surface area contributed by atoms with Crippen molar-refractivity contribution in [1.82, 2.24) is 5.32 Å². The first-order valence-corrected chi connectivity index (χ1v) is 6.19. The predicted octanol–water partition coefficient (Wildman–Crippen LogP) is 2.39. The van der Waals surface area contributed by atoms with Crippen LogP contribution in [0.1, 0.15) is 19.8 Å². The number of hydrogen-bond acceptors (Lipinski definition) is 3. The maximum atomic E-state index is 13.5. The molecule has 0 aliphatic heterocycles. The van der Waals surface area contributed by atoms with Gasteiger partial charge in [-0.1, -0.05) is 0 Å². The van der Waals surface area contributed by atoms with Gasteiger partial charge in [0.1, 0.15) is 0 Å². The van der Waals surface area contributed by atoms with Crippen LogP contribution in [0.5, 0.6) is 5.75 Å². The molecule has 0 bridgehead atoms. The molecule has 4 heteroatoms. The highest BCUT2D eigenvalue weighted by Crippen LogP contribution is 2.21. The van der Waals surface area contributed by atoms with Crippen LogP contribution in [-0.4, -0.2) is 25.7 Å². The van der Waals surface area contributed by atoms with E-state index in [0.29, 0.717) is 18.4 Å². The van der Waals surface area contributed by atoms with Crippen molar-refractivity contribution in [2.75, 3.05) is 25.0 Å². The van der Waals surface area contributed by atoms with E-state index in [9.17, 15) is 4.39 Å². The molecule has 2 N–H and O–H groups in total. The molecule has 94 valence electrons. The van der Waals surface area contributed by atoms with Crippen LogP contribution in [0, 0.1) is 5.82 Å². The van der Waals surface area contributed by atoms with Crippen molar-refractivity contribution >= 4 is 5.69 Å². The largest absolute Gasteiger partial charge is 0.491 e. The molecule has 0 unspecified atom stereocenters. The smallest absolute Gasteiger partial charge is 0.167 e. The van der Waals surface area contributed by atoms with E-state index < -0.39 is 0 Å². The molecule has 0 aromatic heterocycles. The average Bonchev–Trinajstić information content (AvgIpc) is 3.12. The van der Waals surface area contributed by atoms with Crippen LogP contribution in [0.4, 0.5) is 10.1 Å². The van der Waals surface area contributed by atoms with Crippen molar-refractivity contribution < 1.29 is 9.13 Å². The maximum absolute atomic E-state index is 13.5. The highest BCUT2D eigenvalue weighted by atomic mass is 19.1. The second kappa shape index (κ2) is 5.87. The monoisotopic (exact) mass is 238 g/mol. The van der Waals surface area contributed by atoms with Gasteiger partial charge in [0.05, 0.1) is 6.61 Å². The maximum Gasteiger partial charge on any atom is 0.167 e. The van der Waals surface area contributed by atoms with E-state index in [-0.39, 0.29) is 5.82 Å². The van der Waals surface area contributed by atoms with Crippen LogP contribution in [0.3, 0.4) is 0 Å². The van der Waals surface area contributed by atoms with E-state index in [4.69, 9.17) is 4.74 Å². The number of ether oxygens (including phenoxy) is 1. The summed E-state index contributed by atoms with van der Waals surface area (Å²) in [5, 5.41) is 6.57. The Labute approximate surface area is 101 Å². The Balaban J connectivity index is 1.77. The molecule has 0 atom stereocenters. The SMILES string of the molecule is CCOc1ccc(NCCNC2CC2)cc1F. The number of rotatable bonds is 7. The molecular weight excluding hydrogens is 219 g/mol. The Hall–Kier alpha value is -1.29. The van der Waals surface area contributed by atoms with Crippen LogP contribution in [0.2, 0.25) is 0 Å². The molecule has 0 spiro atoms. The number of anilines is 1. The molecule has 1 saturated carbocycles. The van der Waals surface area contributed by atoms with Gasteiger partial charge in [-0.15, -0.1) is 0 Å². The van der Waals surface area contributed by atoms with E-state index in [0.717, 1.165) is 18.8 Å². The third-order valence-corrected chi connectivity index (χ3v) is 2.70. The molecule has 1 aliphatic rings. The fraction of sp³-hybridized carbons (Fsp3) is 0.538. The van der Waals surface area contributed by atoms with Gasteiger partial charge in [0.25, 0.3) is 0 Å². The zero-order valence-corrected chi connectivity index (χ0v) is 10.1. The first-order valence-electron chi connectivity index (χ1n) is 6.19. The first kappa shape index (κ1) is 12.2. The Morgan fingerprint density at radius 1 is 1.35 bits per heavy atom. The molecule has 1 aromatic carbocycles. The lowest BCUT2D eigenvalue weighted by Crippen LogP contribution is -2.23. The highest BCUT2D eigenvalue weighted by molar-refractivity contribution is 5.47. The molecule has 0 radical (unpaired) electrons. The minimum Gasteiger partial charge on any atom is -0.491 e. The summed E-state index contributed by atoms with van der Waals surface area (Å²) in [6.45, 7) is 4.05. The third kappa shape index (κ3) is 3.89. The topological polar surface area (TPSA) is 33.3 Å². The van der Waals surface area contributed by atoms with Crippen molar-refractivity contribution in [3.05, 3.63) is 24.0 Å². The number of nitrogens with one attached hydrogen (secondary N) is 2. The summed E-state index contributed by atoms with van der Waals surface area (Å²) in [7, 11) is 0. The van der Waals surface area contributed by atoms with Gasteiger partial charge in [-0.25, -0.2) is 4.39 Å². The second-order valence-electron chi connectivity index (χ2n) is 4.23. The third-order valence-electron chi connectivity index (χ3n) is 2.70. The van der Waals surface area contributed by atoms with Crippen molar-refractivity contribution in [2.24, 2.45) is 0 Å². The minimum atomic E-state index is -0.313. The fourth-order valence-electron chi connectivity index (χ4n) is 1.65. The predicted molar refractivity (Wildman–Crippen MR) is 67.1 cm³/mol. The summed E-state index contributed by atoms with van der Waals surface area (Å²) >= 11 is 0. The number of hydrogen-bond donors (Lipinski definition) is 2. The van der Waals surface area contributed by atoms with Gasteiger partial charge >= 0.3 is 0 Å². The van der Waals surface area contributed by atoms with Gasteiger partial charge in [0, 0.05) is 30.9 Å². The molecule has 0 heterocycles. The van der Waals surface area contributed by atoms with Gasteiger partial charge in [-0.3, -0.25) is 0 Å². The summed E-state index contributed by atoms with van der Waals surface area (Å²) < 4.78 is 18.6. The average molecular weight is 238 g/mol. The molecule has 3 nitrogen and oxygen atoms in total. The quantitative estimate of drug-likeness (QED) is 0.716. The van der Waals surface area contributed by atoms with Crippen LogP contribution < -0.4 is 15.4 Å². The van der Waals surface area contributed by atoms with Gasteiger partial charge in [-0.05, 0) is 31.9 Å². The Morgan fingerprint density at radius 3 is 2.82 bits per heavy atom. The highest BCUT2D eigenvalue weighted by Gasteiger charge is 2.19. The second-order valence-corrected chi connectivity index (χ2v) is 4.23. The summed E-state index contributed by atoms with van der Waals surface area (Å²) in [5.41, 5.74) is 0.795. The lowest BCUT2D eigenvalue weighted by Gasteiger charge is -2.09. The lowest BCUT2D eigenvalue weighted by molar-refractivity contribution is 0.321. The van der Waals surface area contributed by atoms with Crippen molar-refractivity contribution in [3.63, 3.8) is 0 Å². The Morgan fingerprint density at radius 2 is 2.18 bits per heavy atom. The zero-order chi connectivity index (χ0) is 12.1. The molecule has 1 aromatic rings. The number of benzene rings is 1. The lowest BCUT2D eigenvalue weighted by atomic mass is 10.3. The van der Waals surface area contributed by atoms with Gasteiger partial charge in [-0.2, -0.15) is 0 Å². The summed E-state index contributed by atoms with van der Waals surface area (Å²) in [6.07, 6.45) is 2.58. The summed E-state index contributed by atoms with van der Waals surface area (Å²) in [5.74, 6) is 0.00107. The molecule has 1 fully saturated rings. The molecule has 1 aliphatic carbocycles. The van der Waals surface area contributed by atoms with Gasteiger partial charge in [0.2, 0.25) is 0 Å². The molecule has 2 rings (SSSR count). The summed E-state index contributed by atoms with van der Waals surface area (Å²) in [4.78, 5) is 0. The fourth-order valence-corrected chi connectivity index (χ4v) is 1.65. The Kier molecular flexibility index (Phi) is 4.20. The van der Waals surface area contributed by atoms with Crippen LogP contribution in [0.15, 0.2) is 18.2 Å². The first-order chi connectivity index (χ1) is 8.29. The van der Waals surface area contributed by atoms with Gasteiger partial charge in [0.15, 0.2) is 11.6 Å². The van der Waals surface area contributed by atoms with Crippen molar-refractivity contribution in [2.45, 2.75) is 25.8 Å².